The van der Waals surface area contributed by atoms with Crippen LogP contribution in [0, 0.1) is 0 Å². The first-order valence-corrected chi connectivity index (χ1v) is 4.75. The van der Waals surface area contributed by atoms with Crippen LogP contribution in [-0.2, 0) is 11.1 Å². The van der Waals surface area contributed by atoms with E-state index in [1.165, 1.54) is 0 Å². The van der Waals surface area contributed by atoms with E-state index < -0.39 is 11.1 Å². The maximum Gasteiger partial charge on any atom is 0.0492 e. The van der Waals surface area contributed by atoms with E-state index in [-0.39, 0.29) is 0 Å². The molecule has 4 heteroatoms. The number of rotatable bonds is 3. The molecule has 0 bridgehead atoms. The van der Waals surface area contributed by atoms with Crippen LogP contribution in [0.3, 0.4) is 0 Å². The van der Waals surface area contributed by atoms with Crippen molar-refractivity contribution in [3.05, 3.63) is 24.3 Å². The van der Waals surface area contributed by atoms with Gasteiger partial charge in [0.2, 0.25) is 0 Å². The van der Waals surface area contributed by atoms with Gasteiger partial charge in [-0.3, -0.25) is 4.21 Å². The molecule has 0 spiro atoms. The third-order valence-corrected chi connectivity index (χ3v) is 2.15. The predicted octanol–water partition coefficient (Wildman–Crippen LogP) is 1.36. The summed E-state index contributed by atoms with van der Waals surface area (Å²) in [5.41, 5.74) is 0.660. The van der Waals surface area contributed by atoms with Crippen molar-refractivity contribution in [3.8, 4) is 0 Å². The van der Waals surface area contributed by atoms with Gasteiger partial charge in [0, 0.05) is 17.1 Å². The van der Waals surface area contributed by atoms with Gasteiger partial charge >= 0.3 is 0 Å². The average Bonchev–Trinajstić information content (AvgIpc) is 2.05. The van der Waals surface area contributed by atoms with E-state index >= 15 is 0 Å². The Labute approximate surface area is 74.1 Å². The minimum Gasteiger partial charge on any atom is -0.768 e. The fraction of sp³-hybridized carbons (Fsp3) is 0.250. The molecule has 66 valence electrons. The molecule has 1 aromatic carbocycles. The van der Waals surface area contributed by atoms with Gasteiger partial charge in [-0.1, -0.05) is 12.1 Å². The van der Waals surface area contributed by atoms with Gasteiger partial charge in [0.1, 0.15) is 0 Å². The molecule has 0 fully saturated rings. The Morgan fingerprint density at radius 3 is 2.75 bits per heavy atom. The van der Waals surface area contributed by atoms with Gasteiger partial charge in [0.05, 0.1) is 0 Å². The second-order valence-corrected chi connectivity index (χ2v) is 3.17. The summed E-state index contributed by atoms with van der Waals surface area (Å²) in [7, 11) is 0. The van der Waals surface area contributed by atoms with Crippen molar-refractivity contribution in [2.75, 3.05) is 11.9 Å². The van der Waals surface area contributed by atoms with Crippen LogP contribution in [-0.4, -0.2) is 15.3 Å². The Morgan fingerprint density at radius 2 is 2.17 bits per heavy atom. The quantitative estimate of drug-likeness (QED) is 0.721. The highest BCUT2D eigenvalue weighted by Gasteiger charge is 1.98. The fourth-order valence-electron chi connectivity index (χ4n) is 0.948. The van der Waals surface area contributed by atoms with E-state index in [9.17, 15) is 8.76 Å². The number of anilines is 1. The van der Waals surface area contributed by atoms with Crippen molar-refractivity contribution >= 4 is 16.8 Å². The van der Waals surface area contributed by atoms with Crippen molar-refractivity contribution in [1.29, 1.82) is 0 Å². The first-order chi connectivity index (χ1) is 5.75. The molecule has 12 heavy (non-hydrogen) atoms. The monoisotopic (exact) mass is 184 g/mol. The van der Waals surface area contributed by atoms with Gasteiger partial charge in [0.25, 0.3) is 0 Å². The molecule has 1 aromatic rings. The molecule has 0 saturated heterocycles. The van der Waals surface area contributed by atoms with E-state index in [1.807, 2.05) is 6.92 Å². The first kappa shape index (κ1) is 9.22. The van der Waals surface area contributed by atoms with Crippen LogP contribution in [0.5, 0.6) is 0 Å². The molecule has 0 saturated carbocycles. The highest BCUT2D eigenvalue weighted by Crippen LogP contribution is 2.17. The van der Waals surface area contributed by atoms with Crippen LogP contribution < -0.4 is 5.32 Å². The fourth-order valence-corrected chi connectivity index (χ4v) is 1.46. The molecule has 0 radical (unpaired) electrons. The molecule has 3 nitrogen and oxygen atoms in total. The zero-order valence-corrected chi connectivity index (χ0v) is 7.56. The number of hydrogen-bond acceptors (Lipinski definition) is 3. The lowest BCUT2D eigenvalue weighted by Gasteiger charge is -2.11. The van der Waals surface area contributed by atoms with E-state index in [4.69, 9.17) is 0 Å². The van der Waals surface area contributed by atoms with Crippen LogP contribution in [0.4, 0.5) is 5.69 Å². The summed E-state index contributed by atoms with van der Waals surface area (Å²) < 4.78 is 21.3. The van der Waals surface area contributed by atoms with E-state index in [2.05, 4.69) is 5.32 Å². The lowest BCUT2D eigenvalue weighted by atomic mass is 10.3. The molecule has 1 atom stereocenters. The maximum absolute atomic E-state index is 10.7. The minimum absolute atomic E-state index is 0.319. The summed E-state index contributed by atoms with van der Waals surface area (Å²) in [6.45, 7) is 2.64. The third-order valence-electron chi connectivity index (χ3n) is 1.43. The van der Waals surface area contributed by atoms with Crippen LogP contribution in [0.2, 0.25) is 0 Å². The molecular formula is C8H10NO2S-. The molecule has 0 heterocycles. The SMILES string of the molecule is CCNc1ccccc1S(=O)[O-]. The van der Waals surface area contributed by atoms with Gasteiger partial charge < -0.3 is 9.87 Å². The molecule has 0 amide bonds. The smallest absolute Gasteiger partial charge is 0.0492 e. The molecular weight excluding hydrogens is 174 g/mol. The lowest BCUT2D eigenvalue weighted by Crippen LogP contribution is -2.01. The van der Waals surface area contributed by atoms with Crippen LogP contribution in [0.1, 0.15) is 6.92 Å². The average molecular weight is 184 g/mol. The van der Waals surface area contributed by atoms with Gasteiger partial charge in [0.15, 0.2) is 0 Å². The second-order valence-electron chi connectivity index (χ2n) is 2.26. The van der Waals surface area contributed by atoms with Crippen molar-refractivity contribution in [3.63, 3.8) is 0 Å². The predicted molar refractivity (Wildman–Crippen MR) is 47.8 cm³/mol. The van der Waals surface area contributed by atoms with Gasteiger partial charge in [-0.2, -0.15) is 0 Å². The Balaban J connectivity index is 3.00. The third kappa shape index (κ3) is 2.06. The van der Waals surface area contributed by atoms with E-state index in [1.54, 1.807) is 24.3 Å². The molecule has 1 N–H and O–H groups in total. The number of hydrogen-bond donors (Lipinski definition) is 1. The normalized spacial score (nSPS) is 12.5. The van der Waals surface area contributed by atoms with Crippen LogP contribution in [0.25, 0.3) is 0 Å². The molecule has 1 rings (SSSR count). The summed E-state index contributed by atoms with van der Waals surface area (Å²) in [5.74, 6) is 0. The van der Waals surface area contributed by atoms with Crippen molar-refractivity contribution < 1.29 is 8.76 Å². The molecule has 0 aliphatic carbocycles. The zero-order chi connectivity index (χ0) is 8.97. The van der Waals surface area contributed by atoms with Crippen molar-refractivity contribution in [2.45, 2.75) is 11.8 Å². The molecule has 1 unspecified atom stereocenters. The molecule has 0 aliphatic heterocycles. The molecule has 0 aromatic heterocycles. The Hall–Kier alpha value is -0.870. The summed E-state index contributed by atoms with van der Waals surface area (Å²) in [6.07, 6.45) is 0. The largest absolute Gasteiger partial charge is 0.768 e. The Bertz CT molecular complexity index is 288. The Kier molecular flexibility index (Phi) is 3.25. The zero-order valence-electron chi connectivity index (χ0n) is 6.74. The van der Waals surface area contributed by atoms with Gasteiger partial charge in [-0.25, -0.2) is 0 Å². The Morgan fingerprint density at radius 1 is 1.50 bits per heavy atom. The highest BCUT2D eigenvalue weighted by atomic mass is 32.2. The maximum atomic E-state index is 10.7. The first-order valence-electron chi connectivity index (χ1n) is 3.68. The highest BCUT2D eigenvalue weighted by molar-refractivity contribution is 7.79. The summed E-state index contributed by atoms with van der Waals surface area (Å²) in [4.78, 5) is 0.319. The topological polar surface area (TPSA) is 52.2 Å². The van der Waals surface area contributed by atoms with Crippen LogP contribution >= 0.6 is 0 Å². The van der Waals surface area contributed by atoms with Gasteiger partial charge in [-0.05, 0) is 30.1 Å². The lowest BCUT2D eigenvalue weighted by molar-refractivity contribution is 0.537. The second kappa shape index (κ2) is 4.23. The van der Waals surface area contributed by atoms with E-state index in [0.717, 1.165) is 0 Å². The molecule has 0 aliphatic rings. The summed E-state index contributed by atoms with van der Waals surface area (Å²) in [5, 5.41) is 2.96. The number of para-hydroxylation sites is 1. The number of nitrogens with one attached hydrogen (secondary N) is 1. The van der Waals surface area contributed by atoms with Crippen molar-refractivity contribution in [1.82, 2.24) is 0 Å². The summed E-state index contributed by atoms with van der Waals surface area (Å²) in [6, 6.07) is 6.82. The van der Waals surface area contributed by atoms with Gasteiger partial charge in [-0.15, -0.1) is 0 Å². The summed E-state index contributed by atoms with van der Waals surface area (Å²) >= 11 is -2.15. The van der Waals surface area contributed by atoms with E-state index in [0.29, 0.717) is 17.1 Å². The standard InChI is InChI=1S/C8H11NO2S/c1-2-9-7-5-3-4-6-8(7)12(10)11/h3-6,9H,2H2,1H3,(H,10,11)/p-1. The number of benzene rings is 1. The van der Waals surface area contributed by atoms with Crippen LogP contribution in [0.15, 0.2) is 29.2 Å². The van der Waals surface area contributed by atoms with Crippen molar-refractivity contribution in [2.24, 2.45) is 0 Å². The minimum atomic E-state index is -2.15.